The van der Waals surface area contributed by atoms with Gasteiger partial charge < -0.3 is 20.4 Å². The van der Waals surface area contributed by atoms with E-state index in [1.54, 1.807) is 24.3 Å². The summed E-state index contributed by atoms with van der Waals surface area (Å²) in [5.74, 6) is -4.37. The molecule has 0 saturated carbocycles. The summed E-state index contributed by atoms with van der Waals surface area (Å²) in [4.78, 5) is 35.7. The molecule has 0 bridgehead atoms. The Morgan fingerprint density at radius 1 is 1.05 bits per heavy atom. The average molecular weight is 292 g/mol. The van der Waals surface area contributed by atoms with Gasteiger partial charge in [-0.1, -0.05) is 18.2 Å². The Labute approximate surface area is 121 Å². The van der Waals surface area contributed by atoms with Gasteiger partial charge in [0.25, 0.3) is 0 Å². The number of nitrogens with zero attached hydrogens (tertiary/aromatic N) is 1. The zero-order valence-corrected chi connectivity index (χ0v) is 11.2. The second kappa shape index (κ2) is 6.25. The van der Waals surface area contributed by atoms with Gasteiger partial charge >= 0.3 is 18.0 Å². The largest absolute Gasteiger partial charge is 0.481 e. The third kappa shape index (κ3) is 3.50. The van der Waals surface area contributed by atoms with Gasteiger partial charge in [0.1, 0.15) is 0 Å². The minimum Gasteiger partial charge on any atom is -0.481 e. The van der Waals surface area contributed by atoms with Crippen molar-refractivity contribution >= 4 is 23.7 Å². The molecule has 1 aliphatic heterocycles. The van der Waals surface area contributed by atoms with Crippen LogP contribution in [0, 0.1) is 11.8 Å². The van der Waals surface area contributed by atoms with Crippen LogP contribution in [0.3, 0.4) is 0 Å². The number of benzene rings is 1. The third-order valence-corrected chi connectivity index (χ3v) is 3.56. The quantitative estimate of drug-likeness (QED) is 0.779. The molecule has 7 nitrogen and oxygen atoms in total. The number of likely N-dealkylation sites (tertiary alicyclic amines) is 1. The van der Waals surface area contributed by atoms with Gasteiger partial charge in [-0.15, -0.1) is 0 Å². The highest BCUT2D eigenvalue weighted by Gasteiger charge is 2.40. The standard InChI is InChI=1S/C14H16N2O5/c17-12(18)10-6-7-16(8-11(10)13(19)20)14(21)15-9-4-2-1-3-5-9/h1-5,10-11H,6-8H2,(H,15,21)(H,17,18)(H,19,20). The molecule has 112 valence electrons. The molecule has 0 aliphatic carbocycles. The zero-order valence-electron chi connectivity index (χ0n) is 11.2. The van der Waals surface area contributed by atoms with Gasteiger partial charge in [0.2, 0.25) is 0 Å². The lowest BCUT2D eigenvalue weighted by Crippen LogP contribution is -2.49. The fraction of sp³-hybridized carbons (Fsp3) is 0.357. The van der Waals surface area contributed by atoms with Crippen LogP contribution < -0.4 is 5.32 Å². The van der Waals surface area contributed by atoms with Crippen molar-refractivity contribution in [3.63, 3.8) is 0 Å². The minimum atomic E-state index is -1.19. The molecule has 7 heteroatoms. The molecule has 1 saturated heterocycles. The lowest BCUT2D eigenvalue weighted by atomic mass is 9.85. The van der Waals surface area contributed by atoms with Crippen molar-refractivity contribution in [1.29, 1.82) is 0 Å². The topological polar surface area (TPSA) is 107 Å². The first kappa shape index (κ1) is 14.8. The van der Waals surface area contributed by atoms with Gasteiger partial charge in [0.05, 0.1) is 11.8 Å². The maximum atomic E-state index is 12.1. The number of urea groups is 1. The van der Waals surface area contributed by atoms with Crippen molar-refractivity contribution in [2.75, 3.05) is 18.4 Å². The van der Waals surface area contributed by atoms with E-state index < -0.39 is 29.8 Å². The summed E-state index contributed by atoms with van der Waals surface area (Å²) in [7, 11) is 0. The van der Waals surface area contributed by atoms with Crippen molar-refractivity contribution in [2.24, 2.45) is 11.8 Å². The molecule has 0 spiro atoms. The maximum Gasteiger partial charge on any atom is 0.321 e. The lowest BCUT2D eigenvalue weighted by Gasteiger charge is -2.34. The van der Waals surface area contributed by atoms with Crippen LogP contribution in [-0.4, -0.2) is 46.2 Å². The number of anilines is 1. The van der Waals surface area contributed by atoms with Gasteiger partial charge in [0, 0.05) is 18.8 Å². The van der Waals surface area contributed by atoms with Gasteiger partial charge in [-0.25, -0.2) is 4.79 Å². The molecular weight excluding hydrogens is 276 g/mol. The minimum absolute atomic E-state index is 0.106. The van der Waals surface area contributed by atoms with Crippen LogP contribution in [0.2, 0.25) is 0 Å². The maximum absolute atomic E-state index is 12.1. The van der Waals surface area contributed by atoms with E-state index in [1.807, 2.05) is 6.07 Å². The number of aliphatic carboxylic acids is 2. The molecule has 1 fully saturated rings. The van der Waals surface area contributed by atoms with Crippen molar-refractivity contribution < 1.29 is 24.6 Å². The monoisotopic (exact) mass is 292 g/mol. The summed E-state index contributed by atoms with van der Waals surface area (Å²) in [6, 6.07) is 8.37. The number of carboxylic acids is 2. The van der Waals surface area contributed by atoms with E-state index in [4.69, 9.17) is 10.2 Å². The summed E-state index contributed by atoms with van der Waals surface area (Å²) in [6.45, 7) is 0.115. The fourth-order valence-electron chi connectivity index (χ4n) is 2.41. The molecular formula is C14H16N2O5. The molecule has 2 rings (SSSR count). The number of carbonyl (C=O) groups excluding carboxylic acids is 1. The summed E-state index contributed by atoms with van der Waals surface area (Å²) in [5, 5.41) is 20.8. The van der Waals surface area contributed by atoms with Gasteiger partial charge in [-0.3, -0.25) is 9.59 Å². The number of carboxylic acid groups (broad SMARTS) is 2. The van der Waals surface area contributed by atoms with Crippen LogP contribution in [0.1, 0.15) is 6.42 Å². The van der Waals surface area contributed by atoms with Crippen LogP contribution in [0.25, 0.3) is 0 Å². The number of piperidine rings is 1. The molecule has 3 N–H and O–H groups in total. The van der Waals surface area contributed by atoms with E-state index >= 15 is 0 Å². The highest BCUT2D eigenvalue weighted by Crippen LogP contribution is 2.25. The molecule has 2 atom stereocenters. The Kier molecular flexibility index (Phi) is 4.42. The predicted molar refractivity (Wildman–Crippen MR) is 73.9 cm³/mol. The van der Waals surface area contributed by atoms with E-state index in [2.05, 4.69) is 5.32 Å². The van der Waals surface area contributed by atoms with E-state index in [0.29, 0.717) is 5.69 Å². The Morgan fingerprint density at radius 3 is 2.24 bits per heavy atom. The smallest absolute Gasteiger partial charge is 0.321 e. The van der Waals surface area contributed by atoms with Gasteiger partial charge in [0.15, 0.2) is 0 Å². The van der Waals surface area contributed by atoms with E-state index in [-0.39, 0.29) is 19.5 Å². The van der Waals surface area contributed by atoms with Crippen molar-refractivity contribution in [3.8, 4) is 0 Å². The second-order valence-electron chi connectivity index (χ2n) is 4.92. The number of hydrogen-bond acceptors (Lipinski definition) is 3. The van der Waals surface area contributed by atoms with Crippen molar-refractivity contribution in [3.05, 3.63) is 30.3 Å². The molecule has 0 aromatic heterocycles. The highest BCUT2D eigenvalue weighted by atomic mass is 16.4. The predicted octanol–water partition coefficient (Wildman–Crippen LogP) is 1.33. The first-order chi connectivity index (χ1) is 9.99. The molecule has 1 aromatic carbocycles. The lowest BCUT2D eigenvalue weighted by molar-refractivity contribution is -0.156. The Bertz CT molecular complexity index is 546. The fourth-order valence-corrected chi connectivity index (χ4v) is 2.41. The zero-order chi connectivity index (χ0) is 15.4. The van der Waals surface area contributed by atoms with Crippen LogP contribution in [0.4, 0.5) is 10.5 Å². The Balaban J connectivity index is 2.03. The average Bonchev–Trinajstić information content (AvgIpc) is 2.47. The van der Waals surface area contributed by atoms with Gasteiger partial charge in [-0.05, 0) is 18.6 Å². The summed E-state index contributed by atoms with van der Waals surface area (Å²) in [6.07, 6.45) is 0.133. The first-order valence-corrected chi connectivity index (χ1v) is 6.55. The van der Waals surface area contributed by atoms with Crippen molar-refractivity contribution in [2.45, 2.75) is 6.42 Å². The van der Waals surface area contributed by atoms with E-state index in [1.165, 1.54) is 4.90 Å². The molecule has 0 radical (unpaired) electrons. The molecule has 21 heavy (non-hydrogen) atoms. The van der Waals surface area contributed by atoms with Crippen LogP contribution in [-0.2, 0) is 9.59 Å². The number of para-hydroxylation sites is 1. The molecule has 1 aliphatic rings. The summed E-state index contributed by atoms with van der Waals surface area (Å²) in [5.41, 5.74) is 0.606. The third-order valence-electron chi connectivity index (χ3n) is 3.56. The van der Waals surface area contributed by atoms with Crippen LogP contribution in [0.5, 0.6) is 0 Å². The number of rotatable bonds is 3. The number of amides is 2. The molecule has 1 heterocycles. The normalized spacial score (nSPS) is 21.6. The number of carbonyl (C=O) groups is 3. The summed E-state index contributed by atoms with van der Waals surface area (Å²) >= 11 is 0. The second-order valence-corrected chi connectivity index (χ2v) is 4.92. The number of nitrogens with one attached hydrogen (secondary N) is 1. The Morgan fingerprint density at radius 2 is 1.67 bits per heavy atom. The first-order valence-electron chi connectivity index (χ1n) is 6.55. The number of hydrogen-bond donors (Lipinski definition) is 3. The van der Waals surface area contributed by atoms with Gasteiger partial charge in [-0.2, -0.15) is 0 Å². The van der Waals surface area contributed by atoms with Crippen molar-refractivity contribution in [1.82, 2.24) is 4.90 Å². The molecule has 2 unspecified atom stereocenters. The van der Waals surface area contributed by atoms with E-state index in [9.17, 15) is 14.4 Å². The highest BCUT2D eigenvalue weighted by molar-refractivity contribution is 5.90. The summed E-state index contributed by atoms with van der Waals surface area (Å²) < 4.78 is 0. The molecule has 1 aromatic rings. The van der Waals surface area contributed by atoms with Crippen LogP contribution >= 0.6 is 0 Å². The molecule has 2 amide bonds. The van der Waals surface area contributed by atoms with E-state index in [0.717, 1.165) is 0 Å². The van der Waals surface area contributed by atoms with Crippen LogP contribution in [0.15, 0.2) is 30.3 Å². The Hall–Kier alpha value is -2.57. The SMILES string of the molecule is O=C(O)C1CCN(C(=O)Nc2ccccc2)CC1C(=O)O.